The lowest BCUT2D eigenvalue weighted by atomic mass is 9.99. The zero-order valence-electron chi connectivity index (χ0n) is 18.6. The number of benzene rings is 3. The van der Waals surface area contributed by atoms with Crippen molar-refractivity contribution in [3.8, 4) is 34.1 Å². The zero-order chi connectivity index (χ0) is 23.5. The fourth-order valence-corrected chi connectivity index (χ4v) is 3.70. The first kappa shape index (κ1) is 22.0. The van der Waals surface area contributed by atoms with Gasteiger partial charge in [0.15, 0.2) is 0 Å². The molecule has 0 fully saturated rings. The third kappa shape index (κ3) is 4.13. The predicted octanol–water partition coefficient (Wildman–Crippen LogP) is 5.01. The highest BCUT2D eigenvalue weighted by atomic mass is 16.5. The smallest absolute Gasteiger partial charge is 0.351 e. The lowest BCUT2D eigenvalue weighted by molar-refractivity contribution is 0.0727. The molecule has 0 radical (unpaired) electrons. The minimum atomic E-state index is -0.630. The quantitative estimate of drug-likeness (QED) is 0.234. The summed E-state index contributed by atoms with van der Waals surface area (Å²) in [6.07, 6.45) is 0. The Hall–Kier alpha value is -4.26. The van der Waals surface area contributed by atoms with Crippen LogP contribution < -0.4 is 24.6 Å². The van der Waals surface area contributed by atoms with E-state index in [1.807, 2.05) is 6.92 Å². The third-order valence-electron chi connectivity index (χ3n) is 5.36. The number of ether oxygens (including phenoxy) is 4. The summed E-state index contributed by atoms with van der Waals surface area (Å²) >= 11 is 0. The number of carbonyl (C=O) groups excluding carboxylic acids is 1. The SMILES string of the molecule is COc1ccc(-c2c(C)c3cc(OC(=O)c4c(OC)cccc4OC)ccc3oc2=O)cc1. The van der Waals surface area contributed by atoms with Crippen LogP contribution >= 0.6 is 0 Å². The van der Waals surface area contributed by atoms with E-state index in [0.717, 1.165) is 0 Å². The molecule has 33 heavy (non-hydrogen) atoms. The number of hydrogen-bond acceptors (Lipinski definition) is 7. The molecule has 4 aromatic rings. The summed E-state index contributed by atoms with van der Waals surface area (Å²) in [7, 11) is 4.51. The topological polar surface area (TPSA) is 84.2 Å². The standard InChI is InChI=1S/C26H22O7/c1-15-19-14-18(32-26(28)24-21(30-3)6-5-7-22(24)31-4)12-13-20(19)33-25(27)23(15)16-8-10-17(29-2)11-9-16/h5-14H,1-4H3. The van der Waals surface area contributed by atoms with Gasteiger partial charge in [0.25, 0.3) is 0 Å². The molecule has 0 amide bonds. The van der Waals surface area contributed by atoms with Crippen LogP contribution in [0.15, 0.2) is 69.9 Å². The van der Waals surface area contributed by atoms with Crippen LogP contribution in [0.2, 0.25) is 0 Å². The number of fused-ring (bicyclic) bond motifs is 1. The minimum absolute atomic E-state index is 0.179. The van der Waals surface area contributed by atoms with Crippen LogP contribution in [0, 0.1) is 6.92 Å². The van der Waals surface area contributed by atoms with Crippen molar-refractivity contribution in [1.29, 1.82) is 0 Å². The fraction of sp³-hybridized carbons (Fsp3) is 0.154. The van der Waals surface area contributed by atoms with E-state index in [9.17, 15) is 9.59 Å². The zero-order valence-corrected chi connectivity index (χ0v) is 18.6. The first-order valence-corrected chi connectivity index (χ1v) is 10.1. The molecular formula is C26H22O7. The summed E-state index contributed by atoms with van der Waals surface area (Å²) in [6, 6.07) is 17.0. The lowest BCUT2D eigenvalue weighted by Gasteiger charge is -2.13. The van der Waals surface area contributed by atoms with E-state index in [1.54, 1.807) is 67.8 Å². The van der Waals surface area contributed by atoms with Crippen LogP contribution in [0.4, 0.5) is 0 Å². The van der Waals surface area contributed by atoms with Gasteiger partial charge in [-0.3, -0.25) is 0 Å². The first-order valence-electron chi connectivity index (χ1n) is 10.1. The predicted molar refractivity (Wildman–Crippen MR) is 124 cm³/mol. The van der Waals surface area contributed by atoms with Gasteiger partial charge in [-0.15, -0.1) is 0 Å². The van der Waals surface area contributed by atoms with E-state index in [4.69, 9.17) is 23.4 Å². The molecule has 0 saturated carbocycles. The van der Waals surface area contributed by atoms with Crippen molar-refractivity contribution in [2.24, 2.45) is 0 Å². The van der Waals surface area contributed by atoms with Crippen LogP contribution in [0.3, 0.4) is 0 Å². The largest absolute Gasteiger partial charge is 0.497 e. The Morgan fingerprint density at radius 3 is 2.06 bits per heavy atom. The van der Waals surface area contributed by atoms with Gasteiger partial charge >= 0.3 is 11.6 Å². The maximum atomic E-state index is 12.9. The summed E-state index contributed by atoms with van der Waals surface area (Å²) < 4.78 is 26.9. The van der Waals surface area contributed by atoms with E-state index < -0.39 is 11.6 Å². The molecule has 0 aliphatic carbocycles. The van der Waals surface area contributed by atoms with Crippen molar-refractivity contribution in [3.05, 3.63) is 82.2 Å². The summed E-state index contributed by atoms with van der Waals surface area (Å²) in [5, 5.41) is 0.651. The second-order valence-electron chi connectivity index (χ2n) is 7.20. The average molecular weight is 446 g/mol. The molecule has 4 rings (SSSR count). The first-order chi connectivity index (χ1) is 16.0. The number of hydrogen-bond donors (Lipinski definition) is 0. The van der Waals surface area contributed by atoms with Gasteiger partial charge in [0, 0.05) is 5.39 Å². The van der Waals surface area contributed by atoms with Gasteiger partial charge in [0.1, 0.15) is 34.1 Å². The minimum Gasteiger partial charge on any atom is -0.497 e. The Bertz CT molecular complexity index is 1360. The van der Waals surface area contributed by atoms with Gasteiger partial charge < -0.3 is 23.4 Å². The Balaban J connectivity index is 1.75. The monoisotopic (exact) mass is 446 g/mol. The molecule has 0 unspecified atom stereocenters. The highest BCUT2D eigenvalue weighted by Crippen LogP contribution is 2.32. The third-order valence-corrected chi connectivity index (χ3v) is 5.36. The van der Waals surface area contributed by atoms with Gasteiger partial charge in [-0.2, -0.15) is 0 Å². The van der Waals surface area contributed by atoms with Gasteiger partial charge in [-0.25, -0.2) is 9.59 Å². The number of methoxy groups -OCH3 is 3. The average Bonchev–Trinajstić information content (AvgIpc) is 2.84. The molecule has 3 aromatic carbocycles. The molecule has 0 N–H and O–H groups in total. The van der Waals surface area contributed by atoms with Crippen LogP contribution in [-0.2, 0) is 0 Å². The van der Waals surface area contributed by atoms with E-state index in [-0.39, 0.29) is 11.3 Å². The summed E-state index contributed by atoms with van der Waals surface area (Å²) in [6.45, 7) is 1.83. The molecule has 0 spiro atoms. The molecule has 0 atom stereocenters. The van der Waals surface area contributed by atoms with Gasteiger partial charge in [0.2, 0.25) is 0 Å². The molecule has 0 saturated heterocycles. The van der Waals surface area contributed by atoms with E-state index in [0.29, 0.717) is 44.9 Å². The molecular weight excluding hydrogens is 424 g/mol. The fourth-order valence-electron chi connectivity index (χ4n) is 3.70. The lowest BCUT2D eigenvalue weighted by Crippen LogP contribution is -2.12. The maximum Gasteiger partial charge on any atom is 0.351 e. The highest BCUT2D eigenvalue weighted by Gasteiger charge is 2.21. The summed E-state index contributed by atoms with van der Waals surface area (Å²) in [5.41, 5.74) is 1.96. The maximum absolute atomic E-state index is 12.9. The van der Waals surface area contributed by atoms with Crippen molar-refractivity contribution in [2.75, 3.05) is 21.3 Å². The Labute approximate surface area is 190 Å². The second kappa shape index (κ2) is 9.08. The molecule has 168 valence electrons. The summed E-state index contributed by atoms with van der Waals surface area (Å²) in [4.78, 5) is 25.6. The Morgan fingerprint density at radius 2 is 1.45 bits per heavy atom. The number of rotatable bonds is 6. The molecule has 0 aliphatic rings. The molecule has 7 heteroatoms. The van der Waals surface area contributed by atoms with Crippen molar-refractivity contribution in [3.63, 3.8) is 0 Å². The van der Waals surface area contributed by atoms with E-state index in [2.05, 4.69) is 0 Å². The van der Waals surface area contributed by atoms with E-state index in [1.165, 1.54) is 14.2 Å². The van der Waals surface area contributed by atoms with Crippen LogP contribution in [0.1, 0.15) is 15.9 Å². The van der Waals surface area contributed by atoms with Crippen molar-refractivity contribution >= 4 is 16.9 Å². The van der Waals surface area contributed by atoms with Crippen molar-refractivity contribution in [2.45, 2.75) is 6.92 Å². The number of carbonyl (C=O) groups is 1. The van der Waals surface area contributed by atoms with Gasteiger partial charge in [-0.1, -0.05) is 18.2 Å². The number of esters is 1. The molecule has 7 nitrogen and oxygen atoms in total. The van der Waals surface area contributed by atoms with Crippen LogP contribution in [0.25, 0.3) is 22.1 Å². The van der Waals surface area contributed by atoms with Crippen LogP contribution in [0.5, 0.6) is 23.0 Å². The molecule has 1 aromatic heterocycles. The number of aryl methyl sites for hydroxylation is 1. The molecule has 0 aliphatic heterocycles. The summed E-state index contributed by atoms with van der Waals surface area (Å²) in [5.74, 6) is 1.02. The molecule has 0 bridgehead atoms. The van der Waals surface area contributed by atoms with Gasteiger partial charge in [-0.05, 0) is 60.5 Å². The van der Waals surface area contributed by atoms with Gasteiger partial charge in [0.05, 0.1) is 26.9 Å². The normalized spacial score (nSPS) is 10.7. The Kier molecular flexibility index (Phi) is 6.04. The second-order valence-corrected chi connectivity index (χ2v) is 7.20. The van der Waals surface area contributed by atoms with Crippen molar-refractivity contribution < 1.29 is 28.2 Å². The molecule has 1 heterocycles. The van der Waals surface area contributed by atoms with Crippen molar-refractivity contribution in [1.82, 2.24) is 0 Å². The highest BCUT2D eigenvalue weighted by molar-refractivity contribution is 5.97. The van der Waals surface area contributed by atoms with Crippen LogP contribution in [-0.4, -0.2) is 27.3 Å². The van der Waals surface area contributed by atoms with E-state index >= 15 is 0 Å². The Morgan fingerprint density at radius 1 is 0.818 bits per heavy atom.